The SMILES string of the molecule is COCCN(Cc1ccccc1)C(C)C(C)N. The van der Waals surface area contributed by atoms with E-state index < -0.39 is 0 Å². The summed E-state index contributed by atoms with van der Waals surface area (Å²) in [4.78, 5) is 2.36. The molecule has 0 fully saturated rings. The molecule has 2 atom stereocenters. The first-order valence-corrected chi connectivity index (χ1v) is 6.17. The van der Waals surface area contributed by atoms with Crippen LogP contribution in [0, 0.1) is 0 Å². The monoisotopic (exact) mass is 236 g/mol. The van der Waals surface area contributed by atoms with Gasteiger partial charge in [-0.2, -0.15) is 0 Å². The number of ether oxygens (including phenoxy) is 1. The van der Waals surface area contributed by atoms with E-state index in [0.717, 1.165) is 19.7 Å². The Labute approximate surface area is 105 Å². The van der Waals surface area contributed by atoms with Gasteiger partial charge < -0.3 is 10.5 Å². The molecule has 96 valence electrons. The Morgan fingerprint density at radius 2 is 1.88 bits per heavy atom. The van der Waals surface area contributed by atoms with Gasteiger partial charge in [-0.05, 0) is 19.4 Å². The minimum atomic E-state index is 0.163. The molecule has 0 spiro atoms. The maximum atomic E-state index is 5.98. The van der Waals surface area contributed by atoms with Crippen molar-refractivity contribution in [1.29, 1.82) is 0 Å². The summed E-state index contributed by atoms with van der Waals surface area (Å²) in [6, 6.07) is 11.0. The molecule has 1 aromatic carbocycles. The van der Waals surface area contributed by atoms with Gasteiger partial charge in [0.05, 0.1) is 6.61 Å². The largest absolute Gasteiger partial charge is 0.383 e. The van der Waals surface area contributed by atoms with Crippen molar-refractivity contribution in [3.05, 3.63) is 35.9 Å². The Hall–Kier alpha value is -0.900. The first-order valence-electron chi connectivity index (χ1n) is 6.17. The van der Waals surface area contributed by atoms with E-state index in [4.69, 9.17) is 10.5 Å². The van der Waals surface area contributed by atoms with Gasteiger partial charge in [0.25, 0.3) is 0 Å². The minimum absolute atomic E-state index is 0.163. The lowest BCUT2D eigenvalue weighted by Gasteiger charge is -2.31. The van der Waals surface area contributed by atoms with Gasteiger partial charge in [-0.3, -0.25) is 4.90 Å². The van der Waals surface area contributed by atoms with Crippen LogP contribution in [0.1, 0.15) is 19.4 Å². The number of nitrogens with zero attached hydrogens (tertiary/aromatic N) is 1. The topological polar surface area (TPSA) is 38.5 Å². The van der Waals surface area contributed by atoms with Gasteiger partial charge in [-0.25, -0.2) is 0 Å². The van der Waals surface area contributed by atoms with E-state index in [1.165, 1.54) is 5.56 Å². The van der Waals surface area contributed by atoms with Gasteiger partial charge in [0.15, 0.2) is 0 Å². The van der Waals surface area contributed by atoms with Crippen LogP contribution in [0.15, 0.2) is 30.3 Å². The second kappa shape index (κ2) is 7.43. The molecule has 17 heavy (non-hydrogen) atoms. The summed E-state index contributed by atoms with van der Waals surface area (Å²) in [6.45, 7) is 6.80. The molecule has 2 unspecified atom stereocenters. The summed E-state index contributed by atoms with van der Waals surface area (Å²) in [5, 5.41) is 0. The molecule has 0 heterocycles. The summed E-state index contributed by atoms with van der Waals surface area (Å²) in [5.74, 6) is 0. The first-order chi connectivity index (χ1) is 8.15. The minimum Gasteiger partial charge on any atom is -0.383 e. The summed E-state index contributed by atoms with van der Waals surface area (Å²) in [6.07, 6.45) is 0. The lowest BCUT2D eigenvalue weighted by Crippen LogP contribution is -2.45. The molecule has 0 radical (unpaired) electrons. The number of nitrogens with two attached hydrogens (primary N) is 1. The van der Waals surface area contributed by atoms with Gasteiger partial charge in [-0.1, -0.05) is 30.3 Å². The fourth-order valence-corrected chi connectivity index (χ4v) is 1.79. The third-order valence-electron chi connectivity index (χ3n) is 3.15. The number of benzene rings is 1. The number of rotatable bonds is 7. The van der Waals surface area contributed by atoms with Crippen LogP contribution in [0.5, 0.6) is 0 Å². The van der Waals surface area contributed by atoms with Crippen molar-refractivity contribution in [2.75, 3.05) is 20.3 Å². The van der Waals surface area contributed by atoms with E-state index in [1.54, 1.807) is 7.11 Å². The van der Waals surface area contributed by atoms with Crippen LogP contribution < -0.4 is 5.73 Å². The van der Waals surface area contributed by atoms with E-state index in [9.17, 15) is 0 Å². The maximum Gasteiger partial charge on any atom is 0.0589 e. The fraction of sp³-hybridized carbons (Fsp3) is 0.571. The van der Waals surface area contributed by atoms with E-state index in [1.807, 2.05) is 6.07 Å². The fourth-order valence-electron chi connectivity index (χ4n) is 1.79. The van der Waals surface area contributed by atoms with Crippen molar-refractivity contribution in [1.82, 2.24) is 4.90 Å². The van der Waals surface area contributed by atoms with Crippen molar-refractivity contribution >= 4 is 0 Å². The molecule has 1 rings (SSSR count). The molecule has 0 aromatic heterocycles. The second-order valence-electron chi connectivity index (χ2n) is 4.55. The molecule has 0 aliphatic heterocycles. The molecule has 3 heteroatoms. The Kier molecular flexibility index (Phi) is 6.19. The third kappa shape index (κ3) is 4.86. The first kappa shape index (κ1) is 14.2. The standard InChI is InChI=1S/C14H24N2O/c1-12(15)13(2)16(9-10-17-3)11-14-7-5-4-6-8-14/h4-8,12-13H,9-11,15H2,1-3H3. The van der Waals surface area contributed by atoms with Crippen molar-refractivity contribution < 1.29 is 4.74 Å². The van der Waals surface area contributed by atoms with Crippen LogP contribution in [0.25, 0.3) is 0 Å². The average molecular weight is 236 g/mol. The van der Waals surface area contributed by atoms with E-state index in [2.05, 4.69) is 43.0 Å². The Morgan fingerprint density at radius 1 is 1.24 bits per heavy atom. The smallest absolute Gasteiger partial charge is 0.0589 e. The molecule has 1 aromatic rings. The molecule has 0 saturated heterocycles. The van der Waals surface area contributed by atoms with Gasteiger partial charge in [0.2, 0.25) is 0 Å². The van der Waals surface area contributed by atoms with Crippen molar-refractivity contribution in [2.24, 2.45) is 5.73 Å². The summed E-state index contributed by atoms with van der Waals surface area (Å²) >= 11 is 0. The highest BCUT2D eigenvalue weighted by Crippen LogP contribution is 2.09. The average Bonchev–Trinajstić information content (AvgIpc) is 2.34. The molecule has 0 aliphatic carbocycles. The highest BCUT2D eigenvalue weighted by Gasteiger charge is 2.17. The van der Waals surface area contributed by atoms with Crippen LogP contribution >= 0.6 is 0 Å². The van der Waals surface area contributed by atoms with Crippen molar-refractivity contribution in [3.63, 3.8) is 0 Å². The zero-order chi connectivity index (χ0) is 12.7. The van der Waals surface area contributed by atoms with E-state index in [0.29, 0.717) is 6.04 Å². The maximum absolute atomic E-state index is 5.98. The molecule has 0 aliphatic rings. The Morgan fingerprint density at radius 3 is 2.41 bits per heavy atom. The Bertz CT molecular complexity index is 300. The van der Waals surface area contributed by atoms with Gasteiger partial charge >= 0.3 is 0 Å². The molecular weight excluding hydrogens is 212 g/mol. The third-order valence-corrected chi connectivity index (χ3v) is 3.15. The summed E-state index contributed by atoms with van der Waals surface area (Å²) in [7, 11) is 1.73. The predicted octanol–water partition coefficient (Wildman–Crippen LogP) is 1.87. The van der Waals surface area contributed by atoms with Crippen LogP contribution in [0.4, 0.5) is 0 Å². The van der Waals surface area contributed by atoms with Crippen LogP contribution in [-0.2, 0) is 11.3 Å². The van der Waals surface area contributed by atoms with Gasteiger partial charge in [0.1, 0.15) is 0 Å². The van der Waals surface area contributed by atoms with E-state index in [-0.39, 0.29) is 6.04 Å². The lowest BCUT2D eigenvalue weighted by atomic mass is 10.1. The van der Waals surface area contributed by atoms with Crippen LogP contribution in [0.2, 0.25) is 0 Å². The highest BCUT2D eigenvalue weighted by atomic mass is 16.5. The zero-order valence-corrected chi connectivity index (χ0v) is 11.1. The number of hydrogen-bond donors (Lipinski definition) is 1. The highest BCUT2D eigenvalue weighted by molar-refractivity contribution is 5.14. The van der Waals surface area contributed by atoms with Crippen molar-refractivity contribution in [2.45, 2.75) is 32.5 Å². The zero-order valence-electron chi connectivity index (χ0n) is 11.1. The van der Waals surface area contributed by atoms with Crippen LogP contribution in [-0.4, -0.2) is 37.2 Å². The summed E-state index contributed by atoms with van der Waals surface area (Å²) in [5.41, 5.74) is 7.30. The normalized spacial score (nSPS) is 14.9. The summed E-state index contributed by atoms with van der Waals surface area (Å²) < 4.78 is 5.16. The molecule has 3 nitrogen and oxygen atoms in total. The predicted molar refractivity (Wildman–Crippen MR) is 71.8 cm³/mol. The van der Waals surface area contributed by atoms with Gasteiger partial charge in [-0.15, -0.1) is 0 Å². The number of hydrogen-bond acceptors (Lipinski definition) is 3. The molecule has 0 saturated carbocycles. The molecule has 0 bridgehead atoms. The van der Waals surface area contributed by atoms with Gasteiger partial charge in [0, 0.05) is 32.3 Å². The number of methoxy groups -OCH3 is 1. The second-order valence-corrected chi connectivity index (χ2v) is 4.55. The van der Waals surface area contributed by atoms with Crippen molar-refractivity contribution in [3.8, 4) is 0 Å². The van der Waals surface area contributed by atoms with Crippen LogP contribution in [0.3, 0.4) is 0 Å². The quantitative estimate of drug-likeness (QED) is 0.785. The van der Waals surface area contributed by atoms with E-state index >= 15 is 0 Å². The molecule has 2 N–H and O–H groups in total. The molecule has 0 amide bonds. The lowest BCUT2D eigenvalue weighted by molar-refractivity contribution is 0.112. The molecular formula is C14H24N2O. The Balaban J connectivity index is 2.63.